The van der Waals surface area contributed by atoms with Crippen molar-refractivity contribution in [3.05, 3.63) is 71.3 Å². The van der Waals surface area contributed by atoms with Crippen LogP contribution >= 0.6 is 0 Å². The van der Waals surface area contributed by atoms with Gasteiger partial charge in [-0.3, -0.25) is 4.79 Å². The van der Waals surface area contributed by atoms with E-state index < -0.39 is 11.2 Å². The second-order valence-corrected chi connectivity index (χ2v) is 11.3. The normalized spacial score (nSPS) is 25.8. The lowest BCUT2D eigenvalue weighted by Gasteiger charge is -2.39. The van der Waals surface area contributed by atoms with Crippen LogP contribution in [0.15, 0.2) is 48.7 Å². The molecule has 0 radical (unpaired) electrons. The molecule has 0 fully saturated rings. The molecule has 2 aliphatic heterocycles. The van der Waals surface area contributed by atoms with E-state index in [-0.39, 0.29) is 29.4 Å². The van der Waals surface area contributed by atoms with Crippen molar-refractivity contribution >= 4 is 22.7 Å². The molecule has 1 aromatic carbocycles. The molecule has 0 saturated heterocycles. The Labute approximate surface area is 218 Å². The SMILES string of the molecule is CCC[C@@]12C=C[C@@](CO)(CC(c3ccc(NC(=O)c4ncc(C#N)[nH]4)c(C4=CCC(C)(C)CC4)c3)=C1)O2. The number of benzene rings is 1. The Bertz CT molecular complexity index is 1360. The molecule has 3 heterocycles. The summed E-state index contributed by atoms with van der Waals surface area (Å²) in [4.78, 5) is 19.7. The van der Waals surface area contributed by atoms with Gasteiger partial charge in [0.25, 0.3) is 5.91 Å². The minimum Gasteiger partial charge on any atom is -0.393 e. The second kappa shape index (κ2) is 9.44. The van der Waals surface area contributed by atoms with E-state index in [1.54, 1.807) is 0 Å². The Morgan fingerprint density at radius 1 is 1.30 bits per heavy atom. The summed E-state index contributed by atoms with van der Waals surface area (Å²) in [5, 5.41) is 22.3. The lowest BCUT2D eigenvalue weighted by Crippen LogP contribution is -2.42. The van der Waals surface area contributed by atoms with Crippen LogP contribution in [0.2, 0.25) is 0 Å². The number of hydrogen-bond acceptors (Lipinski definition) is 5. The number of amides is 1. The van der Waals surface area contributed by atoms with Gasteiger partial charge < -0.3 is 20.1 Å². The first-order valence-corrected chi connectivity index (χ1v) is 13.0. The average molecular weight is 499 g/mol. The average Bonchev–Trinajstić information content (AvgIpc) is 3.47. The van der Waals surface area contributed by atoms with Crippen molar-refractivity contribution in [2.45, 2.75) is 70.5 Å². The lowest BCUT2D eigenvalue weighted by atomic mass is 9.76. The number of aromatic amines is 1. The van der Waals surface area contributed by atoms with E-state index in [1.807, 2.05) is 24.3 Å². The molecule has 3 aliphatic rings. The smallest absolute Gasteiger partial charge is 0.291 e. The number of ether oxygens (including phenoxy) is 1. The van der Waals surface area contributed by atoms with Crippen LogP contribution in [0, 0.1) is 16.7 Å². The molecule has 7 heteroatoms. The second-order valence-electron chi connectivity index (χ2n) is 11.3. The molecule has 3 N–H and O–H groups in total. The van der Waals surface area contributed by atoms with Gasteiger partial charge in [-0.05, 0) is 72.1 Å². The van der Waals surface area contributed by atoms with Crippen LogP contribution in [0.5, 0.6) is 0 Å². The number of fused-ring (bicyclic) bond motifs is 2. The summed E-state index contributed by atoms with van der Waals surface area (Å²) < 4.78 is 6.38. The maximum Gasteiger partial charge on any atom is 0.291 e. The zero-order chi connectivity index (χ0) is 26.3. The van der Waals surface area contributed by atoms with E-state index in [1.165, 1.54) is 11.8 Å². The van der Waals surface area contributed by atoms with Crippen LogP contribution in [-0.4, -0.2) is 38.8 Å². The van der Waals surface area contributed by atoms with Gasteiger partial charge in [-0.1, -0.05) is 45.4 Å². The fourth-order valence-corrected chi connectivity index (χ4v) is 5.62. The summed E-state index contributed by atoms with van der Waals surface area (Å²) in [5.41, 5.74) is 4.41. The number of aliphatic hydroxyl groups excluding tert-OH is 1. The topological polar surface area (TPSA) is 111 Å². The van der Waals surface area contributed by atoms with Gasteiger partial charge in [0.2, 0.25) is 0 Å². The van der Waals surface area contributed by atoms with Gasteiger partial charge in [0, 0.05) is 17.7 Å². The van der Waals surface area contributed by atoms with Crippen molar-refractivity contribution in [1.82, 2.24) is 9.97 Å². The minimum absolute atomic E-state index is 0.0681. The monoisotopic (exact) mass is 498 g/mol. The third-order valence-corrected chi connectivity index (χ3v) is 7.75. The highest BCUT2D eigenvalue weighted by Gasteiger charge is 2.47. The highest BCUT2D eigenvalue weighted by atomic mass is 16.5. The Morgan fingerprint density at radius 2 is 2.14 bits per heavy atom. The van der Waals surface area contributed by atoms with E-state index >= 15 is 0 Å². The number of rotatable bonds is 7. The number of hydrogen-bond donors (Lipinski definition) is 3. The fraction of sp³-hybridized carbons (Fsp3) is 0.433. The molecular weight excluding hydrogens is 464 g/mol. The van der Waals surface area contributed by atoms with Crippen LogP contribution < -0.4 is 5.32 Å². The molecule has 2 aromatic rings. The standard InChI is InChI=1S/C30H34N4O3/c1-4-9-29-12-13-30(19-35,37-29)16-22(15-29)21-5-6-25(34-27(36)26-32-18-23(17-31)33-26)24(14-21)20-7-10-28(2,3)11-8-20/h5-7,12-15,18,35H,4,8-11,16,19H2,1-3H3,(H,32,33)(H,34,36)/t29-,30+/m1/s1. The molecule has 192 valence electrons. The van der Waals surface area contributed by atoms with Crippen molar-refractivity contribution in [3.8, 4) is 6.07 Å². The number of carbonyl (C=O) groups is 1. The predicted molar refractivity (Wildman–Crippen MR) is 144 cm³/mol. The first-order valence-electron chi connectivity index (χ1n) is 13.0. The van der Waals surface area contributed by atoms with Crippen molar-refractivity contribution in [3.63, 3.8) is 0 Å². The molecule has 2 bridgehead atoms. The van der Waals surface area contributed by atoms with Gasteiger partial charge in [-0.2, -0.15) is 5.26 Å². The van der Waals surface area contributed by atoms with Crippen LogP contribution in [0.3, 0.4) is 0 Å². The Kier molecular flexibility index (Phi) is 6.43. The number of H-pyrrole nitrogens is 1. The molecule has 2 atom stereocenters. The number of nitrogens with one attached hydrogen (secondary N) is 2. The van der Waals surface area contributed by atoms with E-state index in [9.17, 15) is 9.90 Å². The summed E-state index contributed by atoms with van der Waals surface area (Å²) in [7, 11) is 0. The van der Waals surface area contributed by atoms with E-state index in [4.69, 9.17) is 10.00 Å². The molecule has 1 amide bonds. The Morgan fingerprint density at radius 3 is 2.81 bits per heavy atom. The number of aliphatic hydroxyl groups is 1. The summed E-state index contributed by atoms with van der Waals surface area (Å²) in [6.45, 7) is 6.63. The van der Waals surface area contributed by atoms with Crippen molar-refractivity contribution < 1.29 is 14.6 Å². The Hall–Kier alpha value is -3.47. The number of aromatic nitrogens is 2. The van der Waals surface area contributed by atoms with Gasteiger partial charge in [-0.15, -0.1) is 0 Å². The van der Waals surface area contributed by atoms with E-state index in [0.29, 0.717) is 12.1 Å². The number of anilines is 1. The zero-order valence-electron chi connectivity index (χ0n) is 21.7. The maximum absolute atomic E-state index is 13.0. The van der Waals surface area contributed by atoms with Crippen molar-refractivity contribution in [2.75, 3.05) is 11.9 Å². The van der Waals surface area contributed by atoms with Gasteiger partial charge in [0.1, 0.15) is 23.0 Å². The third-order valence-electron chi connectivity index (χ3n) is 7.75. The molecular formula is C30H34N4O3. The molecule has 0 unspecified atom stereocenters. The molecule has 37 heavy (non-hydrogen) atoms. The maximum atomic E-state index is 13.0. The fourth-order valence-electron chi connectivity index (χ4n) is 5.62. The molecule has 1 aliphatic carbocycles. The number of allylic oxidation sites excluding steroid dienone is 2. The van der Waals surface area contributed by atoms with Gasteiger partial charge in [0.05, 0.1) is 12.8 Å². The number of carbonyl (C=O) groups excluding carboxylic acids is 1. The molecule has 0 saturated carbocycles. The van der Waals surface area contributed by atoms with Crippen molar-refractivity contribution in [2.24, 2.45) is 5.41 Å². The van der Waals surface area contributed by atoms with Crippen LogP contribution in [-0.2, 0) is 4.74 Å². The molecule has 0 spiro atoms. The predicted octanol–water partition coefficient (Wildman–Crippen LogP) is 5.77. The largest absolute Gasteiger partial charge is 0.393 e. The van der Waals surface area contributed by atoms with Crippen LogP contribution in [0.25, 0.3) is 11.1 Å². The summed E-state index contributed by atoms with van der Waals surface area (Å²) >= 11 is 0. The highest BCUT2D eigenvalue weighted by Crippen LogP contribution is 2.48. The third kappa shape index (κ3) is 4.92. The molecule has 5 rings (SSSR count). The van der Waals surface area contributed by atoms with Gasteiger partial charge >= 0.3 is 0 Å². The van der Waals surface area contributed by atoms with E-state index in [0.717, 1.165) is 48.8 Å². The zero-order valence-corrected chi connectivity index (χ0v) is 21.7. The molecule has 1 aromatic heterocycles. The lowest BCUT2D eigenvalue weighted by molar-refractivity contribution is -0.0955. The minimum atomic E-state index is -0.696. The number of nitrogens with zero attached hydrogens (tertiary/aromatic N) is 2. The van der Waals surface area contributed by atoms with Crippen LogP contribution in [0.4, 0.5) is 5.69 Å². The number of nitriles is 1. The highest BCUT2D eigenvalue weighted by molar-refractivity contribution is 6.03. The summed E-state index contributed by atoms with van der Waals surface area (Å²) in [6.07, 6.45) is 15.3. The quantitative estimate of drug-likeness (QED) is 0.420. The van der Waals surface area contributed by atoms with Gasteiger partial charge in [0.15, 0.2) is 5.82 Å². The van der Waals surface area contributed by atoms with Crippen LogP contribution in [0.1, 0.15) is 86.7 Å². The summed E-state index contributed by atoms with van der Waals surface area (Å²) in [5.74, 6) is -0.285. The van der Waals surface area contributed by atoms with Crippen molar-refractivity contribution in [1.29, 1.82) is 5.26 Å². The summed E-state index contributed by atoms with van der Waals surface area (Å²) in [6, 6.07) is 8.09. The van der Waals surface area contributed by atoms with E-state index in [2.05, 4.69) is 60.4 Å². The molecule has 7 nitrogen and oxygen atoms in total. The first kappa shape index (κ1) is 25.2. The Balaban J connectivity index is 1.53. The first-order chi connectivity index (χ1) is 17.7. The number of imidazole rings is 1. The van der Waals surface area contributed by atoms with Gasteiger partial charge in [-0.25, -0.2) is 4.98 Å².